The van der Waals surface area contributed by atoms with Crippen molar-refractivity contribution >= 4 is 27.9 Å². The molecule has 3 aromatic carbocycles. The van der Waals surface area contributed by atoms with Crippen LogP contribution in [0.3, 0.4) is 0 Å². The van der Waals surface area contributed by atoms with Crippen molar-refractivity contribution in [1.82, 2.24) is 9.66 Å². The van der Waals surface area contributed by atoms with Crippen molar-refractivity contribution in [3.63, 3.8) is 0 Å². The van der Waals surface area contributed by atoms with Gasteiger partial charge in [0.25, 0.3) is 5.56 Å². The number of hydrogen-bond acceptors (Lipinski definition) is 4. The number of hydrogen-bond donors (Lipinski definition) is 0. The van der Waals surface area contributed by atoms with Crippen molar-refractivity contribution in [2.75, 3.05) is 7.11 Å². The summed E-state index contributed by atoms with van der Waals surface area (Å²) in [5, 5.41) is 7.33. The van der Waals surface area contributed by atoms with Crippen LogP contribution in [0.15, 0.2) is 70.6 Å². The van der Waals surface area contributed by atoms with E-state index >= 15 is 0 Å². The topological polar surface area (TPSA) is 56.5 Å². The van der Waals surface area contributed by atoms with E-state index in [1.807, 2.05) is 60.7 Å². The number of methoxy groups -OCH3 is 1. The van der Waals surface area contributed by atoms with Crippen molar-refractivity contribution in [1.29, 1.82) is 0 Å². The molecule has 1 fully saturated rings. The molecular weight excluding hydrogens is 386 g/mol. The highest BCUT2D eigenvalue weighted by atomic mass is 16.5. The molecule has 0 amide bonds. The van der Waals surface area contributed by atoms with Gasteiger partial charge in [-0.25, -0.2) is 4.98 Å². The second-order valence-electron chi connectivity index (χ2n) is 8.09. The third kappa shape index (κ3) is 3.61. The molecule has 0 atom stereocenters. The summed E-state index contributed by atoms with van der Waals surface area (Å²) in [4.78, 5) is 18.3. The Balaban J connectivity index is 1.67. The first-order valence-electron chi connectivity index (χ1n) is 10.9. The molecule has 0 bridgehead atoms. The lowest BCUT2D eigenvalue weighted by atomic mass is 9.88. The van der Waals surface area contributed by atoms with Crippen LogP contribution in [0.25, 0.3) is 21.7 Å². The monoisotopic (exact) mass is 411 g/mol. The zero-order valence-corrected chi connectivity index (χ0v) is 17.6. The minimum atomic E-state index is -0.111. The average Bonchev–Trinajstić information content (AvgIpc) is 2.84. The fourth-order valence-corrected chi connectivity index (χ4v) is 4.58. The van der Waals surface area contributed by atoms with Gasteiger partial charge < -0.3 is 4.74 Å². The molecule has 1 heterocycles. The van der Waals surface area contributed by atoms with Gasteiger partial charge in [-0.2, -0.15) is 9.78 Å². The summed E-state index contributed by atoms with van der Waals surface area (Å²) in [7, 11) is 1.67. The molecule has 0 aliphatic heterocycles. The van der Waals surface area contributed by atoms with Crippen LogP contribution in [0.4, 0.5) is 0 Å². The van der Waals surface area contributed by atoms with E-state index in [1.54, 1.807) is 13.3 Å². The molecule has 0 N–H and O–H groups in total. The van der Waals surface area contributed by atoms with E-state index in [4.69, 9.17) is 9.72 Å². The smallest absolute Gasteiger partial charge is 0.282 e. The van der Waals surface area contributed by atoms with Crippen LogP contribution in [-0.4, -0.2) is 23.0 Å². The Hall–Kier alpha value is -3.47. The first kappa shape index (κ1) is 19.5. The normalized spacial score (nSPS) is 15.1. The van der Waals surface area contributed by atoms with Gasteiger partial charge in [-0.05, 0) is 42.5 Å². The molecule has 0 unspecified atom stereocenters. The van der Waals surface area contributed by atoms with Gasteiger partial charge in [0.1, 0.15) is 11.6 Å². The molecule has 0 radical (unpaired) electrons. The molecule has 1 aromatic heterocycles. The second kappa shape index (κ2) is 8.34. The third-order valence-electron chi connectivity index (χ3n) is 6.20. The van der Waals surface area contributed by atoms with E-state index in [0.29, 0.717) is 5.39 Å². The fraction of sp³-hybridized carbons (Fsp3) is 0.269. The van der Waals surface area contributed by atoms with Gasteiger partial charge in [0.2, 0.25) is 0 Å². The van der Waals surface area contributed by atoms with E-state index in [-0.39, 0.29) is 11.5 Å². The summed E-state index contributed by atoms with van der Waals surface area (Å²) in [5.74, 6) is 1.86. The van der Waals surface area contributed by atoms with E-state index in [0.717, 1.165) is 46.3 Å². The maximum absolute atomic E-state index is 13.4. The molecule has 4 aromatic rings. The van der Waals surface area contributed by atoms with Gasteiger partial charge in [-0.3, -0.25) is 4.79 Å². The summed E-state index contributed by atoms with van der Waals surface area (Å²) in [6, 6.07) is 19.5. The van der Waals surface area contributed by atoms with Gasteiger partial charge in [-0.1, -0.05) is 55.7 Å². The molecule has 31 heavy (non-hydrogen) atoms. The number of benzene rings is 3. The van der Waals surface area contributed by atoms with Crippen LogP contribution in [-0.2, 0) is 0 Å². The summed E-state index contributed by atoms with van der Waals surface area (Å²) >= 11 is 0. The van der Waals surface area contributed by atoms with Gasteiger partial charge in [-0.15, -0.1) is 0 Å². The average molecular weight is 412 g/mol. The van der Waals surface area contributed by atoms with Crippen molar-refractivity contribution in [3.8, 4) is 5.75 Å². The van der Waals surface area contributed by atoms with Crippen LogP contribution in [0, 0.1) is 0 Å². The Bertz CT molecular complexity index is 1330. The molecule has 5 nitrogen and oxygen atoms in total. The second-order valence-corrected chi connectivity index (χ2v) is 8.09. The maximum Gasteiger partial charge on any atom is 0.282 e. The molecule has 1 saturated carbocycles. The first-order valence-corrected chi connectivity index (χ1v) is 10.9. The van der Waals surface area contributed by atoms with E-state index in [9.17, 15) is 4.79 Å². The first-order chi connectivity index (χ1) is 15.3. The van der Waals surface area contributed by atoms with Crippen molar-refractivity contribution < 1.29 is 4.74 Å². The lowest BCUT2D eigenvalue weighted by Crippen LogP contribution is -2.25. The van der Waals surface area contributed by atoms with Crippen LogP contribution < -0.4 is 10.3 Å². The van der Waals surface area contributed by atoms with Crippen LogP contribution in [0.1, 0.15) is 49.4 Å². The summed E-state index contributed by atoms with van der Waals surface area (Å²) < 4.78 is 7.03. The highest BCUT2D eigenvalue weighted by Gasteiger charge is 2.22. The SMILES string of the molecule is COc1ccc(C=Nn2c(C3CCCCC3)nc3ccccc3c2=O)c2ccccc12. The van der Waals surface area contributed by atoms with E-state index < -0.39 is 0 Å². The van der Waals surface area contributed by atoms with E-state index in [1.165, 1.54) is 23.9 Å². The minimum Gasteiger partial charge on any atom is -0.496 e. The largest absolute Gasteiger partial charge is 0.496 e. The summed E-state index contributed by atoms with van der Waals surface area (Å²) in [5.41, 5.74) is 1.57. The van der Waals surface area contributed by atoms with Crippen molar-refractivity contribution in [2.45, 2.75) is 38.0 Å². The van der Waals surface area contributed by atoms with E-state index in [2.05, 4.69) is 5.10 Å². The van der Waals surface area contributed by atoms with Crippen LogP contribution >= 0.6 is 0 Å². The van der Waals surface area contributed by atoms with Gasteiger partial charge in [0.05, 0.1) is 24.2 Å². The Morgan fingerprint density at radius 3 is 2.42 bits per heavy atom. The third-order valence-corrected chi connectivity index (χ3v) is 6.20. The highest BCUT2D eigenvalue weighted by molar-refractivity contribution is 6.02. The van der Waals surface area contributed by atoms with Crippen molar-refractivity contribution in [2.24, 2.45) is 5.10 Å². The van der Waals surface area contributed by atoms with Crippen LogP contribution in [0.5, 0.6) is 5.75 Å². The molecule has 156 valence electrons. The Kier molecular flexibility index (Phi) is 5.24. The standard InChI is InChI=1S/C26H25N3O2/c1-31-24-16-15-19(20-11-5-6-12-21(20)24)17-27-29-25(18-9-3-2-4-10-18)28-23-14-8-7-13-22(23)26(29)30/h5-8,11-18H,2-4,9-10H2,1H3. The lowest BCUT2D eigenvalue weighted by Gasteiger charge is -2.22. The Morgan fingerprint density at radius 2 is 1.65 bits per heavy atom. The molecule has 5 heteroatoms. The zero-order chi connectivity index (χ0) is 21.2. The highest BCUT2D eigenvalue weighted by Crippen LogP contribution is 2.32. The van der Waals surface area contributed by atoms with Gasteiger partial charge in [0.15, 0.2) is 0 Å². The number of para-hydroxylation sites is 1. The van der Waals surface area contributed by atoms with Crippen LogP contribution in [0.2, 0.25) is 0 Å². The lowest BCUT2D eigenvalue weighted by molar-refractivity contribution is 0.416. The minimum absolute atomic E-state index is 0.111. The predicted molar refractivity (Wildman–Crippen MR) is 125 cm³/mol. The number of ether oxygens (including phenoxy) is 1. The molecular formula is C26H25N3O2. The predicted octanol–water partition coefficient (Wildman–Crippen LogP) is 5.49. The molecule has 0 spiro atoms. The number of nitrogens with zero attached hydrogens (tertiary/aromatic N) is 3. The number of fused-ring (bicyclic) bond motifs is 2. The fourth-order valence-electron chi connectivity index (χ4n) is 4.58. The maximum atomic E-state index is 13.4. The van der Waals surface area contributed by atoms with Gasteiger partial charge in [0, 0.05) is 16.9 Å². The quantitative estimate of drug-likeness (QED) is 0.417. The molecule has 0 saturated heterocycles. The Labute approximate surface area is 181 Å². The van der Waals surface area contributed by atoms with Gasteiger partial charge >= 0.3 is 0 Å². The van der Waals surface area contributed by atoms with Crippen molar-refractivity contribution in [3.05, 3.63) is 82.4 Å². The number of aromatic nitrogens is 2. The molecule has 1 aliphatic rings. The Morgan fingerprint density at radius 1 is 0.935 bits per heavy atom. The molecule has 1 aliphatic carbocycles. The molecule has 5 rings (SSSR count). The summed E-state index contributed by atoms with van der Waals surface area (Å²) in [6.07, 6.45) is 7.44. The summed E-state index contributed by atoms with van der Waals surface area (Å²) in [6.45, 7) is 0. The zero-order valence-electron chi connectivity index (χ0n) is 17.6. The number of rotatable bonds is 4.